The molecule has 1 heterocycles. The Bertz CT molecular complexity index is 1170. The summed E-state index contributed by atoms with van der Waals surface area (Å²) in [5.41, 5.74) is 7.56. The van der Waals surface area contributed by atoms with Crippen molar-refractivity contribution in [2.45, 2.75) is 6.42 Å². The van der Waals surface area contributed by atoms with Crippen LogP contribution in [0.4, 0.5) is 10.1 Å². The van der Waals surface area contributed by atoms with Crippen molar-refractivity contribution in [2.75, 3.05) is 11.6 Å². The Morgan fingerprint density at radius 3 is 2.56 bits per heavy atom. The van der Waals surface area contributed by atoms with Crippen LogP contribution in [-0.2, 0) is 6.42 Å². The number of benzene rings is 3. The number of nitrogens with one attached hydrogen (secondary N) is 2. The highest BCUT2D eigenvalue weighted by molar-refractivity contribution is 6.00. The van der Waals surface area contributed by atoms with Crippen molar-refractivity contribution < 1.29 is 9.18 Å². The minimum atomic E-state index is -0.454. The lowest BCUT2D eigenvalue weighted by Crippen LogP contribution is -2.38. The first-order valence-electron chi connectivity index (χ1n) is 10.2. The summed E-state index contributed by atoms with van der Waals surface area (Å²) in [5, 5.41) is 1.71. The molecular weight excluding hydrogens is 405 g/mol. The third-order valence-corrected chi connectivity index (χ3v) is 4.84. The van der Waals surface area contributed by atoms with Crippen LogP contribution in [0, 0.1) is 5.82 Å². The molecule has 0 unspecified atom stereocenters. The van der Waals surface area contributed by atoms with E-state index in [0.717, 1.165) is 22.5 Å². The Labute approximate surface area is 185 Å². The lowest BCUT2D eigenvalue weighted by Gasteiger charge is -2.21. The zero-order chi connectivity index (χ0) is 22.2. The van der Waals surface area contributed by atoms with E-state index in [1.165, 1.54) is 30.6 Å². The van der Waals surface area contributed by atoms with E-state index in [4.69, 9.17) is 0 Å². The van der Waals surface area contributed by atoms with Crippen LogP contribution in [0.2, 0.25) is 0 Å². The molecule has 0 spiro atoms. The van der Waals surface area contributed by atoms with Crippen molar-refractivity contribution in [1.29, 1.82) is 0 Å². The van der Waals surface area contributed by atoms with Crippen molar-refractivity contribution >= 4 is 17.9 Å². The van der Waals surface area contributed by atoms with E-state index in [1.54, 1.807) is 17.5 Å². The van der Waals surface area contributed by atoms with Crippen LogP contribution in [-0.4, -0.2) is 28.8 Å². The zero-order valence-corrected chi connectivity index (χ0v) is 17.3. The molecule has 0 atom stereocenters. The van der Waals surface area contributed by atoms with Gasteiger partial charge in [0.15, 0.2) is 0 Å². The summed E-state index contributed by atoms with van der Waals surface area (Å²) < 4.78 is 13.1. The molecule has 7 heteroatoms. The van der Waals surface area contributed by atoms with E-state index in [0.29, 0.717) is 18.5 Å². The molecule has 0 saturated heterocycles. The molecule has 0 aliphatic carbocycles. The van der Waals surface area contributed by atoms with Crippen LogP contribution in [0.1, 0.15) is 16.1 Å². The molecule has 2 N–H and O–H groups in total. The number of carbonyl (C=O) groups is 1. The van der Waals surface area contributed by atoms with E-state index in [2.05, 4.69) is 20.4 Å². The van der Waals surface area contributed by atoms with E-state index in [1.807, 2.05) is 54.6 Å². The predicted octanol–water partition coefficient (Wildman–Crippen LogP) is 4.64. The van der Waals surface area contributed by atoms with Crippen LogP contribution in [0.25, 0.3) is 11.1 Å². The van der Waals surface area contributed by atoms with Gasteiger partial charge in [-0.25, -0.2) is 14.8 Å². The van der Waals surface area contributed by atoms with Gasteiger partial charge < -0.3 is 4.98 Å². The highest BCUT2D eigenvalue weighted by Gasteiger charge is 2.09. The second-order valence-corrected chi connectivity index (χ2v) is 7.08. The number of anilines is 1. The van der Waals surface area contributed by atoms with Gasteiger partial charge in [0.1, 0.15) is 12.2 Å². The molecule has 0 radical (unpaired) electrons. The first-order chi connectivity index (χ1) is 15.7. The van der Waals surface area contributed by atoms with Crippen molar-refractivity contribution in [3.63, 3.8) is 0 Å². The van der Waals surface area contributed by atoms with Gasteiger partial charge in [0.05, 0.1) is 12.0 Å². The minimum absolute atomic E-state index is 0.318. The molecule has 4 rings (SSSR count). The summed E-state index contributed by atoms with van der Waals surface area (Å²) in [6.45, 7) is 0.592. The fraction of sp³-hybridized carbons (Fsp3) is 0.0800. The van der Waals surface area contributed by atoms with Crippen LogP contribution in [0.15, 0.2) is 96.4 Å². The molecule has 6 nitrogen and oxygen atoms in total. The molecule has 3 aromatic carbocycles. The topological polar surface area (TPSA) is 73.4 Å². The average Bonchev–Trinajstić information content (AvgIpc) is 3.36. The second-order valence-electron chi connectivity index (χ2n) is 7.08. The number of nitrogens with zero attached hydrogens (tertiary/aromatic N) is 3. The third-order valence-electron chi connectivity index (χ3n) is 4.84. The molecule has 0 bridgehead atoms. The monoisotopic (exact) mass is 427 g/mol. The number of carbonyl (C=O) groups excluding carboxylic acids is 1. The molecule has 0 saturated carbocycles. The van der Waals surface area contributed by atoms with Gasteiger partial charge in [0.2, 0.25) is 0 Å². The van der Waals surface area contributed by atoms with Gasteiger partial charge in [-0.05, 0) is 47.5 Å². The van der Waals surface area contributed by atoms with E-state index in [9.17, 15) is 9.18 Å². The van der Waals surface area contributed by atoms with E-state index >= 15 is 0 Å². The molecule has 1 amide bonds. The Hall–Kier alpha value is -4.10. The maximum absolute atomic E-state index is 13.1. The van der Waals surface area contributed by atoms with Gasteiger partial charge in [0, 0.05) is 30.4 Å². The Morgan fingerprint density at radius 2 is 1.81 bits per heavy atom. The largest absolute Gasteiger partial charge is 0.348 e. The van der Waals surface area contributed by atoms with Crippen LogP contribution in [0.3, 0.4) is 0 Å². The van der Waals surface area contributed by atoms with Crippen molar-refractivity contribution in [1.82, 2.24) is 15.4 Å². The van der Waals surface area contributed by atoms with Crippen LogP contribution in [0.5, 0.6) is 0 Å². The highest BCUT2D eigenvalue weighted by Crippen LogP contribution is 2.23. The van der Waals surface area contributed by atoms with E-state index in [-0.39, 0.29) is 0 Å². The Balaban J connectivity index is 1.55. The summed E-state index contributed by atoms with van der Waals surface area (Å²) in [6, 6.07) is 23.3. The lowest BCUT2D eigenvalue weighted by molar-refractivity contribution is 0.100. The quantitative estimate of drug-likeness (QED) is 0.244. The standard InChI is InChI=1S/C25H22FN5O/c26-22-11-9-20(10-12-22)25(32)29-18-31(30-14-13-23-16-27-17-28-23)24-8-4-7-21(15-24)19-5-2-1-3-6-19/h1-12,15-18,30H,13-14H2,(H,27,28). The molecular formula is C25H22FN5O. The average molecular weight is 427 g/mol. The fourth-order valence-corrected chi connectivity index (χ4v) is 3.17. The summed E-state index contributed by atoms with van der Waals surface area (Å²) in [5.74, 6) is -0.852. The number of hydrazine groups is 1. The van der Waals surface area contributed by atoms with Gasteiger partial charge in [0.25, 0.3) is 5.91 Å². The van der Waals surface area contributed by atoms with Crippen molar-refractivity contribution in [3.8, 4) is 11.1 Å². The molecule has 32 heavy (non-hydrogen) atoms. The number of aliphatic imine (C=N–C) groups is 1. The van der Waals surface area contributed by atoms with Crippen molar-refractivity contribution in [2.24, 2.45) is 4.99 Å². The molecule has 0 fully saturated rings. The number of amides is 1. The summed E-state index contributed by atoms with van der Waals surface area (Å²) in [4.78, 5) is 23.6. The number of hydrogen-bond acceptors (Lipinski definition) is 3. The zero-order valence-electron chi connectivity index (χ0n) is 17.3. The van der Waals surface area contributed by atoms with Crippen molar-refractivity contribution in [3.05, 3.63) is 108 Å². The number of imidazole rings is 1. The van der Waals surface area contributed by atoms with Gasteiger partial charge in [-0.3, -0.25) is 9.80 Å². The Morgan fingerprint density at radius 1 is 1.03 bits per heavy atom. The van der Waals surface area contributed by atoms with Gasteiger partial charge in [-0.2, -0.15) is 4.99 Å². The second kappa shape index (κ2) is 10.3. The molecule has 0 aliphatic heterocycles. The molecule has 4 aromatic rings. The first-order valence-corrected chi connectivity index (χ1v) is 10.2. The van der Waals surface area contributed by atoms with Gasteiger partial charge in [-0.15, -0.1) is 0 Å². The smallest absolute Gasteiger partial charge is 0.278 e. The number of aromatic nitrogens is 2. The molecule has 1 aromatic heterocycles. The Kier molecular flexibility index (Phi) is 6.79. The summed E-state index contributed by atoms with van der Waals surface area (Å²) in [7, 11) is 0. The number of halogens is 1. The number of H-pyrrole nitrogens is 1. The maximum Gasteiger partial charge on any atom is 0.278 e. The predicted molar refractivity (Wildman–Crippen MR) is 124 cm³/mol. The number of aromatic amines is 1. The van der Waals surface area contributed by atoms with Gasteiger partial charge in [-0.1, -0.05) is 42.5 Å². The number of rotatable bonds is 8. The lowest BCUT2D eigenvalue weighted by atomic mass is 10.1. The first kappa shape index (κ1) is 21.1. The fourth-order valence-electron chi connectivity index (χ4n) is 3.17. The summed E-state index contributed by atoms with van der Waals surface area (Å²) in [6.07, 6.45) is 5.57. The highest BCUT2D eigenvalue weighted by atomic mass is 19.1. The third kappa shape index (κ3) is 5.53. The molecule has 160 valence electrons. The van der Waals surface area contributed by atoms with Crippen LogP contribution < -0.4 is 10.4 Å². The number of hydrogen-bond donors (Lipinski definition) is 2. The minimum Gasteiger partial charge on any atom is -0.348 e. The van der Waals surface area contributed by atoms with E-state index < -0.39 is 11.7 Å². The van der Waals surface area contributed by atoms with Gasteiger partial charge >= 0.3 is 0 Å². The van der Waals surface area contributed by atoms with Crippen LogP contribution >= 0.6 is 0 Å². The summed E-state index contributed by atoms with van der Waals surface area (Å²) >= 11 is 0. The SMILES string of the molecule is O=C(N=CN(NCCc1cnc[nH]1)c1cccc(-c2ccccc2)c1)c1ccc(F)cc1. The maximum atomic E-state index is 13.1. The molecule has 0 aliphatic rings. The normalized spacial score (nSPS) is 11.0.